The van der Waals surface area contributed by atoms with Gasteiger partial charge in [-0.15, -0.1) is 0 Å². The molecular weight excluding hydrogens is 374 g/mol. The van der Waals surface area contributed by atoms with Gasteiger partial charge in [-0.25, -0.2) is 15.0 Å². The first-order chi connectivity index (χ1) is 12.8. The summed E-state index contributed by atoms with van der Waals surface area (Å²) in [6.45, 7) is 1.68. The summed E-state index contributed by atoms with van der Waals surface area (Å²) >= 11 is 0. The number of methoxy groups -OCH3 is 2. The molecule has 0 saturated carbocycles. The predicted octanol–water partition coefficient (Wildman–Crippen LogP) is -0.0502. The molecule has 1 aromatic heterocycles. The van der Waals surface area contributed by atoms with E-state index in [1.165, 1.54) is 14.2 Å². The van der Waals surface area contributed by atoms with Crippen molar-refractivity contribution in [3.8, 4) is 11.5 Å². The highest BCUT2D eigenvalue weighted by Crippen LogP contribution is 2.35. The van der Waals surface area contributed by atoms with Crippen LogP contribution in [0.25, 0.3) is 10.8 Å². The van der Waals surface area contributed by atoms with Gasteiger partial charge in [-0.2, -0.15) is 13.5 Å². The predicted molar refractivity (Wildman–Crippen MR) is 102 cm³/mol. The molecule has 1 aromatic carbocycles. The van der Waals surface area contributed by atoms with E-state index in [9.17, 15) is 13.2 Å². The fraction of sp³-hybridized carbons (Fsp3) is 0.500. The maximum atomic E-state index is 12.2. The Bertz CT molecular complexity index is 983. The van der Waals surface area contributed by atoms with Crippen molar-refractivity contribution in [2.45, 2.75) is 12.8 Å². The smallest absolute Gasteiger partial charge is 0.274 e. The number of piperidine rings is 1. The lowest BCUT2D eigenvalue weighted by Crippen LogP contribution is -2.41. The molecule has 0 bridgehead atoms. The van der Waals surface area contributed by atoms with Crippen LogP contribution < -0.4 is 29.8 Å². The molecule has 0 aliphatic carbocycles. The van der Waals surface area contributed by atoms with Crippen LogP contribution in [0.15, 0.2) is 16.9 Å². The Kier molecular flexibility index (Phi) is 5.53. The molecule has 10 nitrogen and oxygen atoms in total. The molecule has 1 aliphatic rings. The summed E-state index contributed by atoms with van der Waals surface area (Å²) in [6, 6.07) is 3.39. The van der Waals surface area contributed by atoms with E-state index in [1.807, 2.05) is 0 Å². The summed E-state index contributed by atoms with van der Waals surface area (Å²) < 4.78 is 35.1. The number of nitrogens with two attached hydrogens (primary N) is 1. The largest absolute Gasteiger partial charge is 0.493 e. The molecule has 2 aromatic rings. The van der Waals surface area contributed by atoms with Crippen LogP contribution in [-0.4, -0.2) is 52.5 Å². The highest BCUT2D eigenvalue weighted by Gasteiger charge is 2.23. The Morgan fingerprint density at radius 2 is 1.81 bits per heavy atom. The number of H-pyrrole nitrogens is 1. The van der Waals surface area contributed by atoms with Gasteiger partial charge in [0.1, 0.15) is 0 Å². The zero-order valence-corrected chi connectivity index (χ0v) is 16.0. The van der Waals surface area contributed by atoms with Gasteiger partial charge in [-0.3, -0.25) is 4.79 Å². The minimum atomic E-state index is -3.68. The summed E-state index contributed by atoms with van der Waals surface area (Å²) in [5.74, 6) is 1.85. The molecule has 0 unspecified atom stereocenters. The number of hydrogen-bond acceptors (Lipinski definition) is 7. The number of aromatic amines is 1. The fourth-order valence-electron chi connectivity index (χ4n) is 3.30. The van der Waals surface area contributed by atoms with Crippen LogP contribution in [0.4, 0.5) is 5.82 Å². The van der Waals surface area contributed by atoms with Crippen LogP contribution in [-0.2, 0) is 10.2 Å². The van der Waals surface area contributed by atoms with Gasteiger partial charge in [0.2, 0.25) is 0 Å². The molecule has 1 saturated heterocycles. The summed E-state index contributed by atoms with van der Waals surface area (Å²) in [7, 11) is -0.629. The maximum Gasteiger partial charge on any atom is 0.274 e. The molecule has 0 atom stereocenters. The van der Waals surface area contributed by atoms with Gasteiger partial charge in [0.25, 0.3) is 15.8 Å². The van der Waals surface area contributed by atoms with E-state index in [1.54, 1.807) is 12.1 Å². The fourth-order valence-corrected chi connectivity index (χ4v) is 3.77. The summed E-state index contributed by atoms with van der Waals surface area (Å²) in [5, 5.41) is 12.9. The third-order valence-electron chi connectivity index (χ3n) is 4.76. The number of anilines is 1. The first-order valence-corrected chi connectivity index (χ1v) is 10.0. The molecule has 1 fully saturated rings. The van der Waals surface area contributed by atoms with Crippen molar-refractivity contribution in [2.24, 2.45) is 11.1 Å². The minimum absolute atomic E-state index is 0.197. The first-order valence-electron chi connectivity index (χ1n) is 8.49. The van der Waals surface area contributed by atoms with Crippen LogP contribution >= 0.6 is 0 Å². The second-order valence-electron chi connectivity index (χ2n) is 6.45. The molecule has 4 N–H and O–H groups in total. The third-order valence-corrected chi connectivity index (χ3v) is 5.33. The van der Waals surface area contributed by atoms with Gasteiger partial charge >= 0.3 is 0 Å². The Balaban J connectivity index is 1.85. The molecule has 11 heteroatoms. The van der Waals surface area contributed by atoms with Crippen LogP contribution in [0.3, 0.4) is 0 Å². The summed E-state index contributed by atoms with van der Waals surface area (Å²) in [5.41, 5.74) is -0.304. The zero-order valence-electron chi connectivity index (χ0n) is 15.2. The molecule has 2 heterocycles. The molecule has 1 aliphatic heterocycles. The molecule has 0 radical (unpaired) electrons. The van der Waals surface area contributed by atoms with Crippen LogP contribution in [0.1, 0.15) is 12.8 Å². The minimum Gasteiger partial charge on any atom is -0.493 e. The van der Waals surface area contributed by atoms with Crippen LogP contribution in [0.5, 0.6) is 11.5 Å². The van der Waals surface area contributed by atoms with Crippen molar-refractivity contribution >= 4 is 26.8 Å². The Morgan fingerprint density at radius 3 is 2.37 bits per heavy atom. The number of fused-ring (bicyclic) bond motifs is 1. The zero-order chi connectivity index (χ0) is 19.6. The lowest BCUT2D eigenvalue weighted by atomic mass is 9.97. The second kappa shape index (κ2) is 7.71. The number of ether oxygens (including phenoxy) is 2. The topological polar surface area (TPSA) is 140 Å². The monoisotopic (exact) mass is 397 g/mol. The van der Waals surface area contributed by atoms with Crippen molar-refractivity contribution in [3.63, 3.8) is 0 Å². The van der Waals surface area contributed by atoms with E-state index in [2.05, 4.69) is 19.8 Å². The van der Waals surface area contributed by atoms with Crippen LogP contribution in [0.2, 0.25) is 0 Å². The van der Waals surface area contributed by atoms with E-state index >= 15 is 0 Å². The Hall–Kier alpha value is -2.37. The van der Waals surface area contributed by atoms with Crippen molar-refractivity contribution < 1.29 is 17.9 Å². The number of nitrogens with one attached hydrogen (secondary N) is 2. The molecule has 148 valence electrons. The van der Waals surface area contributed by atoms with Crippen molar-refractivity contribution in [3.05, 3.63) is 22.5 Å². The van der Waals surface area contributed by atoms with Gasteiger partial charge in [-0.05, 0) is 30.9 Å². The third kappa shape index (κ3) is 4.31. The number of aromatic nitrogens is 2. The van der Waals surface area contributed by atoms with Crippen molar-refractivity contribution in [2.75, 3.05) is 38.8 Å². The van der Waals surface area contributed by atoms with Gasteiger partial charge < -0.3 is 14.4 Å². The average molecular weight is 397 g/mol. The van der Waals surface area contributed by atoms with E-state index in [0.29, 0.717) is 47.7 Å². The normalized spacial score (nSPS) is 15.9. The SMILES string of the molecule is COc1cc2c(N3CCC(CNS(N)(=O)=O)CC3)n[nH]c(=O)c2cc1OC. The van der Waals surface area contributed by atoms with E-state index in [-0.39, 0.29) is 11.5 Å². The second-order valence-corrected chi connectivity index (χ2v) is 7.83. The van der Waals surface area contributed by atoms with Gasteiger partial charge in [0.05, 0.1) is 19.6 Å². The van der Waals surface area contributed by atoms with E-state index in [4.69, 9.17) is 14.6 Å². The van der Waals surface area contributed by atoms with Gasteiger partial charge in [0, 0.05) is 25.0 Å². The quantitative estimate of drug-likeness (QED) is 0.621. The maximum absolute atomic E-state index is 12.2. The standard InChI is InChI=1S/C16H23N5O5S/c1-25-13-7-11-12(8-14(13)26-2)16(22)20-19-15(11)21-5-3-10(4-6-21)9-18-27(17,23)24/h7-8,10,18H,3-6,9H2,1-2H3,(H,20,22)(H2,17,23,24). The number of benzene rings is 1. The molecule has 3 rings (SSSR count). The van der Waals surface area contributed by atoms with Crippen LogP contribution in [0, 0.1) is 5.92 Å². The van der Waals surface area contributed by atoms with E-state index < -0.39 is 10.2 Å². The lowest BCUT2D eigenvalue weighted by molar-refractivity contribution is 0.356. The number of hydrogen-bond donors (Lipinski definition) is 3. The molecule has 27 heavy (non-hydrogen) atoms. The summed E-state index contributed by atoms with van der Waals surface area (Å²) in [4.78, 5) is 14.3. The number of nitrogens with zero attached hydrogens (tertiary/aromatic N) is 2. The van der Waals surface area contributed by atoms with Gasteiger partial charge in [0.15, 0.2) is 17.3 Å². The molecule has 0 amide bonds. The van der Waals surface area contributed by atoms with Gasteiger partial charge in [-0.1, -0.05) is 0 Å². The lowest BCUT2D eigenvalue weighted by Gasteiger charge is -2.33. The highest BCUT2D eigenvalue weighted by atomic mass is 32.2. The molecular formula is C16H23N5O5S. The Labute approximate surface area is 156 Å². The first kappa shape index (κ1) is 19.4. The van der Waals surface area contributed by atoms with E-state index in [0.717, 1.165) is 12.8 Å². The molecule has 0 spiro atoms. The van der Waals surface area contributed by atoms with Crippen molar-refractivity contribution in [1.82, 2.24) is 14.9 Å². The Morgan fingerprint density at radius 1 is 1.22 bits per heavy atom. The number of rotatable bonds is 6. The highest BCUT2D eigenvalue weighted by molar-refractivity contribution is 7.87. The average Bonchev–Trinajstić information content (AvgIpc) is 2.65. The van der Waals surface area contributed by atoms with Crippen molar-refractivity contribution in [1.29, 1.82) is 0 Å². The summed E-state index contributed by atoms with van der Waals surface area (Å²) in [6.07, 6.45) is 1.55.